The monoisotopic (exact) mass is 271 g/mol. The van der Waals surface area contributed by atoms with Gasteiger partial charge in [-0.05, 0) is 55.6 Å². The molecule has 0 saturated heterocycles. The van der Waals surface area contributed by atoms with Gasteiger partial charge in [-0.15, -0.1) is 0 Å². The van der Waals surface area contributed by atoms with Crippen LogP contribution in [0.3, 0.4) is 0 Å². The standard InChI is InChI=1S/C14H25NO2S/c1-17-13(16)9-18-7-3-2-4-12-10-5-6-11(8-10)14(12)15/h10-12,14H,2-9,15H2,1H3/t10-,11+,12+,14+/m1/s1. The second-order valence-corrected chi connectivity index (χ2v) is 6.80. The van der Waals surface area contributed by atoms with Crippen molar-refractivity contribution in [1.82, 2.24) is 0 Å². The highest BCUT2D eigenvalue weighted by Crippen LogP contribution is 2.49. The van der Waals surface area contributed by atoms with E-state index in [9.17, 15) is 4.79 Å². The molecule has 0 spiro atoms. The largest absolute Gasteiger partial charge is 0.468 e. The number of fused-ring (bicyclic) bond motifs is 2. The van der Waals surface area contributed by atoms with Crippen LogP contribution in [-0.2, 0) is 9.53 Å². The molecule has 2 aliphatic rings. The lowest BCUT2D eigenvalue weighted by atomic mass is 9.82. The Morgan fingerprint density at radius 2 is 2.11 bits per heavy atom. The van der Waals surface area contributed by atoms with Gasteiger partial charge in [0, 0.05) is 6.04 Å². The Kier molecular flexibility index (Phi) is 5.37. The maximum Gasteiger partial charge on any atom is 0.315 e. The predicted octanol–water partition coefficient (Wildman–Crippen LogP) is 2.44. The molecule has 4 atom stereocenters. The summed E-state index contributed by atoms with van der Waals surface area (Å²) in [5.74, 6) is 3.97. The van der Waals surface area contributed by atoms with Crippen molar-refractivity contribution in [1.29, 1.82) is 0 Å². The Bertz CT molecular complexity index is 283. The number of methoxy groups -OCH3 is 1. The van der Waals surface area contributed by atoms with Gasteiger partial charge in [0.2, 0.25) is 0 Å². The molecule has 2 bridgehead atoms. The maximum absolute atomic E-state index is 10.9. The molecule has 0 amide bonds. The molecule has 3 nitrogen and oxygen atoms in total. The van der Waals surface area contributed by atoms with Crippen molar-refractivity contribution in [2.75, 3.05) is 18.6 Å². The molecule has 104 valence electrons. The minimum atomic E-state index is -0.116. The Morgan fingerprint density at radius 3 is 2.78 bits per heavy atom. The lowest BCUT2D eigenvalue weighted by Crippen LogP contribution is -2.35. The first-order valence-electron chi connectivity index (χ1n) is 7.12. The summed E-state index contributed by atoms with van der Waals surface area (Å²) >= 11 is 1.68. The Labute approximate surface area is 114 Å². The first kappa shape index (κ1) is 14.2. The van der Waals surface area contributed by atoms with Crippen molar-refractivity contribution in [2.45, 2.75) is 44.6 Å². The molecule has 2 saturated carbocycles. The van der Waals surface area contributed by atoms with Crippen molar-refractivity contribution < 1.29 is 9.53 Å². The molecule has 2 rings (SSSR count). The third kappa shape index (κ3) is 3.41. The van der Waals surface area contributed by atoms with Gasteiger partial charge in [0.05, 0.1) is 12.9 Å². The van der Waals surface area contributed by atoms with E-state index in [1.54, 1.807) is 11.8 Å². The summed E-state index contributed by atoms with van der Waals surface area (Å²) in [4.78, 5) is 10.9. The number of carbonyl (C=O) groups is 1. The summed E-state index contributed by atoms with van der Waals surface area (Å²) in [6.45, 7) is 0. The van der Waals surface area contributed by atoms with E-state index >= 15 is 0 Å². The SMILES string of the molecule is COC(=O)CSCCCC[C@H]1[C@@H]2CC[C@@H](C2)[C@@H]1N. The van der Waals surface area contributed by atoms with Crippen molar-refractivity contribution >= 4 is 17.7 Å². The number of hydrogen-bond donors (Lipinski definition) is 1. The topological polar surface area (TPSA) is 52.3 Å². The van der Waals surface area contributed by atoms with E-state index < -0.39 is 0 Å². The molecule has 2 aliphatic carbocycles. The van der Waals surface area contributed by atoms with Gasteiger partial charge in [0.25, 0.3) is 0 Å². The number of hydrogen-bond acceptors (Lipinski definition) is 4. The highest BCUT2D eigenvalue weighted by molar-refractivity contribution is 7.99. The maximum atomic E-state index is 10.9. The zero-order valence-corrected chi connectivity index (χ0v) is 12.1. The van der Waals surface area contributed by atoms with Crippen LogP contribution in [0.1, 0.15) is 38.5 Å². The van der Waals surface area contributed by atoms with Crippen LogP contribution in [0.5, 0.6) is 0 Å². The van der Waals surface area contributed by atoms with Crippen molar-refractivity contribution in [3.05, 3.63) is 0 Å². The molecule has 2 N–H and O–H groups in total. The van der Waals surface area contributed by atoms with Gasteiger partial charge in [0.1, 0.15) is 0 Å². The average Bonchev–Trinajstić information content (AvgIpc) is 2.95. The van der Waals surface area contributed by atoms with Crippen LogP contribution in [0, 0.1) is 17.8 Å². The van der Waals surface area contributed by atoms with E-state index in [-0.39, 0.29) is 5.97 Å². The van der Waals surface area contributed by atoms with Crippen LogP contribution in [-0.4, -0.2) is 30.6 Å². The van der Waals surface area contributed by atoms with E-state index in [1.807, 2.05) is 0 Å². The van der Waals surface area contributed by atoms with Gasteiger partial charge >= 0.3 is 5.97 Å². The Morgan fingerprint density at radius 1 is 1.33 bits per heavy atom. The summed E-state index contributed by atoms with van der Waals surface area (Å²) in [5.41, 5.74) is 6.30. The van der Waals surface area contributed by atoms with E-state index in [2.05, 4.69) is 4.74 Å². The molecule has 0 radical (unpaired) electrons. The van der Waals surface area contributed by atoms with Crippen molar-refractivity contribution in [3.63, 3.8) is 0 Å². The van der Waals surface area contributed by atoms with Gasteiger partial charge < -0.3 is 10.5 Å². The summed E-state index contributed by atoms with van der Waals surface area (Å²) < 4.78 is 4.61. The number of thioether (sulfide) groups is 1. The first-order valence-corrected chi connectivity index (χ1v) is 8.28. The molecule has 18 heavy (non-hydrogen) atoms. The van der Waals surface area contributed by atoms with Crippen LogP contribution in [0.25, 0.3) is 0 Å². The zero-order valence-electron chi connectivity index (χ0n) is 11.3. The van der Waals surface area contributed by atoms with E-state index in [4.69, 9.17) is 5.73 Å². The molecule has 0 heterocycles. The number of rotatable bonds is 7. The van der Waals surface area contributed by atoms with Gasteiger partial charge in [-0.2, -0.15) is 11.8 Å². The summed E-state index contributed by atoms with van der Waals surface area (Å²) in [6.07, 6.45) is 7.93. The van der Waals surface area contributed by atoms with Gasteiger partial charge in [0.15, 0.2) is 0 Å². The molecule has 4 heteroatoms. The van der Waals surface area contributed by atoms with Crippen molar-refractivity contribution in [2.24, 2.45) is 23.5 Å². The zero-order chi connectivity index (χ0) is 13.0. The van der Waals surface area contributed by atoms with Gasteiger partial charge in [-0.1, -0.05) is 6.42 Å². The highest BCUT2D eigenvalue weighted by Gasteiger charge is 2.44. The predicted molar refractivity (Wildman–Crippen MR) is 75.5 cm³/mol. The molecule has 0 aromatic heterocycles. The summed E-state index contributed by atoms with van der Waals surface area (Å²) in [5, 5.41) is 0. The van der Waals surface area contributed by atoms with Crippen LogP contribution < -0.4 is 5.73 Å². The van der Waals surface area contributed by atoms with E-state index in [1.165, 1.54) is 45.6 Å². The second-order valence-electron chi connectivity index (χ2n) is 5.70. The smallest absolute Gasteiger partial charge is 0.315 e. The fraction of sp³-hybridized carbons (Fsp3) is 0.929. The number of carbonyl (C=O) groups excluding carboxylic acids is 1. The van der Waals surface area contributed by atoms with Crippen LogP contribution >= 0.6 is 11.8 Å². The molecular weight excluding hydrogens is 246 g/mol. The van der Waals surface area contributed by atoms with E-state index in [0.717, 1.165) is 23.5 Å². The quantitative estimate of drug-likeness (QED) is 0.571. The molecule has 0 aliphatic heterocycles. The lowest BCUT2D eigenvalue weighted by Gasteiger charge is -2.28. The van der Waals surface area contributed by atoms with Crippen LogP contribution in [0.4, 0.5) is 0 Å². The Balaban J connectivity index is 1.52. The number of esters is 1. The molecule has 0 aromatic carbocycles. The Hall–Kier alpha value is -0.220. The molecular formula is C14H25NO2S. The first-order chi connectivity index (χ1) is 8.72. The molecule has 0 unspecified atom stereocenters. The minimum absolute atomic E-state index is 0.116. The third-order valence-corrected chi connectivity index (χ3v) is 5.70. The minimum Gasteiger partial charge on any atom is -0.468 e. The second kappa shape index (κ2) is 6.80. The van der Waals surface area contributed by atoms with Crippen molar-refractivity contribution in [3.8, 4) is 0 Å². The van der Waals surface area contributed by atoms with E-state index in [0.29, 0.717) is 11.8 Å². The summed E-state index contributed by atoms with van der Waals surface area (Å²) in [7, 11) is 1.44. The number of unbranched alkanes of at least 4 members (excludes halogenated alkanes) is 1. The van der Waals surface area contributed by atoms with Crippen LogP contribution in [0.15, 0.2) is 0 Å². The number of ether oxygens (including phenoxy) is 1. The highest BCUT2D eigenvalue weighted by atomic mass is 32.2. The fourth-order valence-corrected chi connectivity index (χ4v) is 4.52. The summed E-state index contributed by atoms with van der Waals surface area (Å²) in [6, 6.07) is 0.478. The molecule has 0 aromatic rings. The number of nitrogens with two attached hydrogens (primary N) is 1. The lowest BCUT2D eigenvalue weighted by molar-refractivity contribution is -0.137. The average molecular weight is 271 g/mol. The van der Waals surface area contributed by atoms with Gasteiger partial charge in [-0.3, -0.25) is 4.79 Å². The molecule has 2 fully saturated rings. The fourth-order valence-electron chi connectivity index (χ4n) is 3.68. The van der Waals surface area contributed by atoms with Gasteiger partial charge in [-0.25, -0.2) is 0 Å². The normalized spacial score (nSPS) is 33.9. The van der Waals surface area contributed by atoms with Crippen LogP contribution in [0.2, 0.25) is 0 Å². The third-order valence-electron chi connectivity index (χ3n) is 4.68.